The summed E-state index contributed by atoms with van der Waals surface area (Å²) in [6.45, 7) is 5.29. The van der Waals surface area contributed by atoms with Crippen molar-refractivity contribution in [1.82, 2.24) is 9.80 Å². The summed E-state index contributed by atoms with van der Waals surface area (Å²) in [7, 11) is 0. The summed E-state index contributed by atoms with van der Waals surface area (Å²) in [5.74, 6) is -0.764. The Balaban J connectivity index is 1.46. The molecule has 7 nitrogen and oxygen atoms in total. The zero-order valence-corrected chi connectivity index (χ0v) is 17.8. The minimum atomic E-state index is -0.911. The summed E-state index contributed by atoms with van der Waals surface area (Å²) in [4.78, 5) is 52.6. The number of fused-ring (bicyclic) bond motifs is 2. The molecule has 1 aliphatic heterocycles. The van der Waals surface area contributed by atoms with Crippen molar-refractivity contribution in [3.8, 4) is 0 Å². The lowest BCUT2D eigenvalue weighted by Crippen LogP contribution is -2.45. The minimum Gasteiger partial charge on any atom is -0.324 e. The summed E-state index contributed by atoms with van der Waals surface area (Å²) in [6.07, 6.45) is 5.25. The second-order valence-corrected chi connectivity index (χ2v) is 8.94. The third-order valence-corrected chi connectivity index (χ3v) is 7.21. The fourth-order valence-corrected chi connectivity index (χ4v) is 5.62. The first-order valence-electron chi connectivity index (χ1n) is 10.9. The van der Waals surface area contributed by atoms with Crippen LogP contribution in [0.1, 0.15) is 50.7 Å². The number of urea groups is 1. The number of nitrogens with one attached hydrogen (secondary N) is 1. The Kier molecular flexibility index (Phi) is 5.38. The molecule has 4 rings (SSSR count). The van der Waals surface area contributed by atoms with Gasteiger partial charge in [-0.15, -0.1) is 0 Å². The van der Waals surface area contributed by atoms with Crippen molar-refractivity contribution >= 4 is 29.4 Å². The number of imide groups is 2. The van der Waals surface area contributed by atoms with E-state index < -0.39 is 30.3 Å². The van der Waals surface area contributed by atoms with Gasteiger partial charge in [-0.2, -0.15) is 0 Å². The highest BCUT2D eigenvalue weighted by molar-refractivity contribution is 6.45. The van der Waals surface area contributed by atoms with Crippen LogP contribution in [0.4, 0.5) is 10.5 Å². The van der Waals surface area contributed by atoms with Crippen LogP contribution in [0, 0.1) is 24.7 Å². The molecule has 0 spiro atoms. The highest BCUT2D eigenvalue weighted by atomic mass is 16.2. The molecule has 5 amide bonds. The van der Waals surface area contributed by atoms with Crippen molar-refractivity contribution in [2.45, 2.75) is 58.9 Å². The van der Waals surface area contributed by atoms with Crippen molar-refractivity contribution in [3.05, 3.63) is 29.3 Å². The molecule has 30 heavy (non-hydrogen) atoms. The lowest BCUT2D eigenvalue weighted by atomic mass is 9.83. The van der Waals surface area contributed by atoms with Gasteiger partial charge in [0.05, 0.1) is 0 Å². The van der Waals surface area contributed by atoms with E-state index in [1.54, 1.807) is 0 Å². The number of amides is 5. The Labute approximate surface area is 176 Å². The number of rotatable bonds is 6. The molecular weight excluding hydrogens is 382 g/mol. The number of nitrogens with zero attached hydrogens (tertiary/aromatic N) is 2. The average molecular weight is 412 g/mol. The van der Waals surface area contributed by atoms with E-state index in [-0.39, 0.29) is 12.0 Å². The van der Waals surface area contributed by atoms with E-state index in [0.717, 1.165) is 46.6 Å². The number of aryl methyl sites for hydroxylation is 2. The monoisotopic (exact) mass is 411 g/mol. The lowest BCUT2D eigenvalue weighted by molar-refractivity contribution is -0.144. The Morgan fingerprint density at radius 2 is 1.93 bits per heavy atom. The fraction of sp³-hybridized carbons (Fsp3) is 0.565. The van der Waals surface area contributed by atoms with Crippen LogP contribution < -0.4 is 5.32 Å². The first kappa shape index (κ1) is 20.6. The standard InChI is InChI=1S/C23H29N3O4/c1-4-16-7-5-6-13(2)20(16)24-19(27)12-25-21(28)22(29)26(23(25)30)14(3)18-11-15-8-9-17(18)10-15/h5-7,14-15,17-18H,4,8-12H2,1-3H3,(H,24,27). The average Bonchev–Trinajstić information content (AvgIpc) is 3.40. The van der Waals surface area contributed by atoms with Gasteiger partial charge in [0.2, 0.25) is 5.91 Å². The maximum Gasteiger partial charge on any atom is 0.334 e. The maximum atomic E-state index is 12.9. The van der Waals surface area contributed by atoms with E-state index in [1.165, 1.54) is 6.42 Å². The molecule has 2 aliphatic carbocycles. The second kappa shape index (κ2) is 7.85. The minimum absolute atomic E-state index is 0.248. The van der Waals surface area contributed by atoms with Gasteiger partial charge < -0.3 is 5.32 Å². The van der Waals surface area contributed by atoms with E-state index in [4.69, 9.17) is 0 Å². The van der Waals surface area contributed by atoms with Crippen molar-refractivity contribution in [3.63, 3.8) is 0 Å². The van der Waals surface area contributed by atoms with Crippen molar-refractivity contribution in [1.29, 1.82) is 0 Å². The van der Waals surface area contributed by atoms with Gasteiger partial charge >= 0.3 is 17.8 Å². The van der Waals surface area contributed by atoms with E-state index in [1.807, 2.05) is 39.0 Å². The molecule has 2 saturated carbocycles. The van der Waals surface area contributed by atoms with Crippen molar-refractivity contribution in [2.24, 2.45) is 17.8 Å². The van der Waals surface area contributed by atoms with Crippen LogP contribution in [0.5, 0.6) is 0 Å². The molecule has 1 aromatic carbocycles. The van der Waals surface area contributed by atoms with Crippen LogP contribution in [0.3, 0.4) is 0 Å². The van der Waals surface area contributed by atoms with E-state index in [0.29, 0.717) is 17.5 Å². The van der Waals surface area contributed by atoms with Gasteiger partial charge in [0.1, 0.15) is 6.54 Å². The summed E-state index contributed by atoms with van der Waals surface area (Å²) in [6, 6.07) is 4.75. The lowest BCUT2D eigenvalue weighted by Gasteiger charge is -2.32. The molecule has 0 radical (unpaired) electrons. The van der Waals surface area contributed by atoms with Crippen molar-refractivity contribution < 1.29 is 19.2 Å². The fourth-order valence-electron chi connectivity index (χ4n) is 5.62. The Bertz CT molecular complexity index is 912. The predicted octanol–water partition coefficient (Wildman–Crippen LogP) is 3.11. The molecule has 7 heteroatoms. The van der Waals surface area contributed by atoms with Gasteiger partial charge in [-0.25, -0.2) is 9.69 Å². The SMILES string of the molecule is CCc1cccc(C)c1NC(=O)CN1C(=O)C(=O)N(C(C)C2CC3CCC2C3)C1=O. The quantitative estimate of drug-likeness (QED) is 0.576. The van der Waals surface area contributed by atoms with Crippen LogP contribution >= 0.6 is 0 Å². The van der Waals surface area contributed by atoms with Gasteiger partial charge in [0.15, 0.2) is 0 Å². The Hall–Kier alpha value is -2.70. The molecule has 2 bridgehead atoms. The van der Waals surface area contributed by atoms with Crippen molar-refractivity contribution in [2.75, 3.05) is 11.9 Å². The summed E-state index contributed by atoms with van der Waals surface area (Å²) < 4.78 is 0. The number of hydrogen-bond donors (Lipinski definition) is 1. The zero-order chi connectivity index (χ0) is 21.6. The molecule has 3 aliphatic rings. The first-order chi connectivity index (χ1) is 14.3. The van der Waals surface area contributed by atoms with Crippen LogP contribution in [0.2, 0.25) is 0 Å². The predicted molar refractivity (Wildman–Crippen MR) is 112 cm³/mol. The molecule has 1 aromatic rings. The van der Waals surface area contributed by atoms with Gasteiger partial charge in [0, 0.05) is 11.7 Å². The molecular formula is C23H29N3O4. The first-order valence-corrected chi connectivity index (χ1v) is 10.9. The van der Waals surface area contributed by atoms with Gasteiger partial charge in [-0.1, -0.05) is 31.5 Å². The molecule has 1 saturated heterocycles. The molecule has 4 atom stereocenters. The number of para-hydroxylation sites is 1. The number of carbonyl (C=O) groups is 4. The van der Waals surface area contributed by atoms with Crippen LogP contribution in [-0.4, -0.2) is 46.1 Å². The van der Waals surface area contributed by atoms with Gasteiger partial charge in [-0.3, -0.25) is 19.3 Å². The number of benzene rings is 1. The second-order valence-electron chi connectivity index (χ2n) is 8.94. The summed E-state index contributed by atoms with van der Waals surface area (Å²) in [5, 5.41) is 2.82. The maximum absolute atomic E-state index is 12.9. The topological polar surface area (TPSA) is 86.8 Å². The van der Waals surface area contributed by atoms with E-state index in [9.17, 15) is 19.2 Å². The van der Waals surface area contributed by atoms with E-state index in [2.05, 4.69) is 5.32 Å². The highest BCUT2D eigenvalue weighted by Gasteiger charge is 2.52. The highest BCUT2D eigenvalue weighted by Crippen LogP contribution is 2.50. The molecule has 4 unspecified atom stereocenters. The Morgan fingerprint density at radius 3 is 2.57 bits per heavy atom. The molecule has 3 fully saturated rings. The third-order valence-electron chi connectivity index (χ3n) is 7.21. The summed E-state index contributed by atoms with van der Waals surface area (Å²) >= 11 is 0. The molecule has 160 valence electrons. The van der Waals surface area contributed by atoms with Crippen LogP contribution in [0.15, 0.2) is 18.2 Å². The van der Waals surface area contributed by atoms with Gasteiger partial charge in [0.25, 0.3) is 0 Å². The normalized spacial score (nSPS) is 26.6. The number of hydrogen-bond acceptors (Lipinski definition) is 4. The molecule has 1 heterocycles. The summed E-state index contributed by atoms with van der Waals surface area (Å²) in [5.41, 5.74) is 2.58. The van der Waals surface area contributed by atoms with E-state index >= 15 is 0 Å². The molecule has 1 N–H and O–H groups in total. The number of carbonyl (C=O) groups excluding carboxylic acids is 4. The third kappa shape index (κ3) is 3.40. The number of anilines is 1. The molecule has 0 aromatic heterocycles. The van der Waals surface area contributed by atoms with Crippen LogP contribution in [-0.2, 0) is 20.8 Å². The smallest absolute Gasteiger partial charge is 0.324 e. The largest absolute Gasteiger partial charge is 0.334 e. The Morgan fingerprint density at radius 1 is 1.17 bits per heavy atom. The van der Waals surface area contributed by atoms with Gasteiger partial charge in [-0.05, 0) is 68.4 Å². The van der Waals surface area contributed by atoms with Crippen LogP contribution in [0.25, 0.3) is 0 Å². The zero-order valence-electron chi connectivity index (χ0n) is 17.8.